The highest BCUT2D eigenvalue weighted by molar-refractivity contribution is 4.73. The fourth-order valence-corrected chi connectivity index (χ4v) is 2.29. The third-order valence-electron chi connectivity index (χ3n) is 3.37. The van der Waals surface area contributed by atoms with Crippen LogP contribution in [0.5, 0.6) is 0 Å². The maximum atomic E-state index is 3.72. The molecule has 14 heavy (non-hydrogen) atoms. The van der Waals surface area contributed by atoms with Crippen molar-refractivity contribution in [1.82, 2.24) is 10.6 Å². The molecule has 0 aromatic heterocycles. The lowest BCUT2D eigenvalue weighted by Gasteiger charge is -2.25. The number of hydrogen-bond acceptors (Lipinski definition) is 2. The van der Waals surface area contributed by atoms with Gasteiger partial charge in [-0.3, -0.25) is 0 Å². The zero-order valence-electron chi connectivity index (χ0n) is 9.81. The zero-order chi connectivity index (χ0) is 10.2. The Morgan fingerprint density at radius 2 is 1.86 bits per heavy atom. The van der Waals surface area contributed by atoms with Gasteiger partial charge in [-0.05, 0) is 38.9 Å². The molecule has 1 aliphatic rings. The first-order valence-corrected chi connectivity index (χ1v) is 6.24. The molecule has 0 aromatic carbocycles. The Kier molecular flexibility index (Phi) is 6.20. The molecule has 1 unspecified atom stereocenters. The van der Waals surface area contributed by atoms with E-state index in [0.29, 0.717) is 0 Å². The Morgan fingerprint density at radius 1 is 1.14 bits per heavy atom. The Hall–Kier alpha value is -0.0800. The minimum absolute atomic E-state index is 0.807. The van der Waals surface area contributed by atoms with E-state index in [2.05, 4.69) is 17.6 Å². The lowest BCUT2D eigenvalue weighted by molar-refractivity contribution is 0.339. The maximum Gasteiger partial charge on any atom is 0.00671 e. The van der Waals surface area contributed by atoms with E-state index >= 15 is 0 Å². The molecule has 2 nitrogen and oxygen atoms in total. The lowest BCUT2D eigenvalue weighted by atomic mass is 9.95. The molecule has 0 heterocycles. The van der Waals surface area contributed by atoms with Gasteiger partial charge in [0, 0.05) is 6.04 Å². The van der Waals surface area contributed by atoms with E-state index in [4.69, 9.17) is 0 Å². The van der Waals surface area contributed by atoms with E-state index in [1.807, 2.05) is 7.05 Å². The largest absolute Gasteiger partial charge is 0.319 e. The van der Waals surface area contributed by atoms with Gasteiger partial charge in [0.25, 0.3) is 0 Å². The summed E-state index contributed by atoms with van der Waals surface area (Å²) >= 11 is 0. The monoisotopic (exact) mass is 198 g/mol. The van der Waals surface area contributed by atoms with Crippen molar-refractivity contribution in [1.29, 1.82) is 0 Å². The van der Waals surface area contributed by atoms with Crippen LogP contribution >= 0.6 is 0 Å². The summed E-state index contributed by atoms with van der Waals surface area (Å²) in [4.78, 5) is 0. The average Bonchev–Trinajstić information content (AvgIpc) is 2.25. The molecule has 1 rings (SSSR count). The second kappa shape index (κ2) is 7.24. The number of hydrogen-bond donors (Lipinski definition) is 2. The number of rotatable bonds is 6. The van der Waals surface area contributed by atoms with E-state index in [9.17, 15) is 0 Å². The van der Waals surface area contributed by atoms with Crippen LogP contribution in [0.1, 0.15) is 45.4 Å². The molecular formula is C12H26N2. The summed E-state index contributed by atoms with van der Waals surface area (Å²) in [7, 11) is 2.04. The second-order valence-electron chi connectivity index (χ2n) is 4.58. The van der Waals surface area contributed by atoms with Gasteiger partial charge < -0.3 is 10.6 Å². The van der Waals surface area contributed by atoms with Gasteiger partial charge in [0.05, 0.1) is 0 Å². The van der Waals surface area contributed by atoms with Crippen LogP contribution in [0.25, 0.3) is 0 Å². The van der Waals surface area contributed by atoms with Crippen LogP contribution in [0.2, 0.25) is 0 Å². The zero-order valence-corrected chi connectivity index (χ0v) is 9.81. The predicted molar refractivity (Wildman–Crippen MR) is 62.6 cm³/mol. The van der Waals surface area contributed by atoms with Crippen molar-refractivity contribution in [3.63, 3.8) is 0 Å². The van der Waals surface area contributed by atoms with Crippen LogP contribution in [0.4, 0.5) is 0 Å². The summed E-state index contributed by atoms with van der Waals surface area (Å²) < 4.78 is 0. The molecule has 0 saturated heterocycles. The van der Waals surface area contributed by atoms with E-state index in [1.165, 1.54) is 45.1 Å². The molecular weight excluding hydrogens is 172 g/mol. The summed E-state index contributed by atoms with van der Waals surface area (Å²) in [6.45, 7) is 4.63. The highest BCUT2D eigenvalue weighted by Gasteiger charge is 2.14. The van der Waals surface area contributed by atoms with Crippen molar-refractivity contribution in [2.24, 2.45) is 5.92 Å². The number of nitrogens with one attached hydrogen (secondary N) is 2. The van der Waals surface area contributed by atoms with Gasteiger partial charge in [0.2, 0.25) is 0 Å². The summed E-state index contributed by atoms with van der Waals surface area (Å²) in [6.07, 6.45) is 8.39. The van der Waals surface area contributed by atoms with E-state index in [-0.39, 0.29) is 0 Å². The first-order chi connectivity index (χ1) is 6.86. The Bertz CT molecular complexity index is 126. The van der Waals surface area contributed by atoms with Crippen LogP contribution in [-0.4, -0.2) is 26.2 Å². The molecule has 0 radical (unpaired) electrons. The Balaban J connectivity index is 2.10. The van der Waals surface area contributed by atoms with Crippen molar-refractivity contribution in [2.45, 2.75) is 51.5 Å². The minimum Gasteiger partial charge on any atom is -0.319 e. The van der Waals surface area contributed by atoms with Crippen molar-refractivity contribution in [2.75, 3.05) is 20.1 Å². The molecule has 1 saturated carbocycles. The van der Waals surface area contributed by atoms with Gasteiger partial charge in [-0.15, -0.1) is 0 Å². The van der Waals surface area contributed by atoms with Crippen LogP contribution in [0.3, 0.4) is 0 Å². The standard InChI is InChI=1S/C12H26N2/c1-3-11(9-13-2)10-14-12-7-5-4-6-8-12/h11-14H,3-10H2,1-2H3. The first kappa shape index (κ1) is 12.0. The van der Waals surface area contributed by atoms with Crippen molar-refractivity contribution in [3.05, 3.63) is 0 Å². The van der Waals surface area contributed by atoms with Crippen LogP contribution in [-0.2, 0) is 0 Å². The predicted octanol–water partition coefficient (Wildman–Crippen LogP) is 2.15. The highest BCUT2D eigenvalue weighted by Crippen LogP contribution is 2.17. The molecule has 2 N–H and O–H groups in total. The summed E-state index contributed by atoms with van der Waals surface area (Å²) in [6, 6.07) is 0.814. The van der Waals surface area contributed by atoms with Gasteiger partial charge in [0.1, 0.15) is 0 Å². The average molecular weight is 198 g/mol. The van der Waals surface area contributed by atoms with Crippen LogP contribution in [0.15, 0.2) is 0 Å². The van der Waals surface area contributed by atoms with Gasteiger partial charge in [0.15, 0.2) is 0 Å². The third-order valence-corrected chi connectivity index (χ3v) is 3.37. The van der Waals surface area contributed by atoms with Crippen molar-refractivity contribution >= 4 is 0 Å². The fraction of sp³-hybridized carbons (Fsp3) is 1.00. The summed E-state index contributed by atoms with van der Waals surface area (Å²) in [5, 5.41) is 6.98. The van der Waals surface area contributed by atoms with E-state index in [1.54, 1.807) is 0 Å². The molecule has 2 heteroatoms. The molecule has 0 bridgehead atoms. The Labute approximate surface area is 88.8 Å². The quantitative estimate of drug-likeness (QED) is 0.683. The summed E-state index contributed by atoms with van der Waals surface area (Å²) in [5.41, 5.74) is 0. The molecule has 0 aromatic rings. The van der Waals surface area contributed by atoms with Gasteiger partial charge in [-0.2, -0.15) is 0 Å². The van der Waals surface area contributed by atoms with Gasteiger partial charge >= 0.3 is 0 Å². The molecule has 0 amide bonds. The highest BCUT2D eigenvalue weighted by atomic mass is 14.9. The molecule has 0 spiro atoms. The van der Waals surface area contributed by atoms with E-state index in [0.717, 1.165) is 18.5 Å². The minimum atomic E-state index is 0.807. The summed E-state index contributed by atoms with van der Waals surface area (Å²) in [5.74, 6) is 0.807. The maximum absolute atomic E-state index is 3.72. The van der Waals surface area contributed by atoms with Crippen molar-refractivity contribution in [3.8, 4) is 0 Å². The molecule has 84 valence electrons. The van der Waals surface area contributed by atoms with E-state index < -0.39 is 0 Å². The SMILES string of the molecule is CCC(CNC)CNC1CCCCC1. The normalized spacial score (nSPS) is 21.0. The lowest BCUT2D eigenvalue weighted by Crippen LogP contribution is -2.37. The van der Waals surface area contributed by atoms with Gasteiger partial charge in [-0.25, -0.2) is 0 Å². The molecule has 1 fully saturated rings. The molecule has 1 atom stereocenters. The fourth-order valence-electron chi connectivity index (χ4n) is 2.29. The third kappa shape index (κ3) is 4.43. The Morgan fingerprint density at radius 3 is 2.43 bits per heavy atom. The molecule has 0 aliphatic heterocycles. The van der Waals surface area contributed by atoms with Crippen molar-refractivity contribution < 1.29 is 0 Å². The second-order valence-corrected chi connectivity index (χ2v) is 4.58. The smallest absolute Gasteiger partial charge is 0.00671 e. The van der Waals surface area contributed by atoms with Gasteiger partial charge in [-0.1, -0.05) is 32.6 Å². The topological polar surface area (TPSA) is 24.1 Å². The molecule has 1 aliphatic carbocycles. The van der Waals surface area contributed by atoms with Crippen LogP contribution in [0, 0.1) is 5.92 Å². The first-order valence-electron chi connectivity index (χ1n) is 6.24. The van der Waals surface area contributed by atoms with Crippen LogP contribution < -0.4 is 10.6 Å².